The van der Waals surface area contributed by atoms with Gasteiger partial charge in [-0.3, -0.25) is 9.98 Å². The van der Waals surface area contributed by atoms with Crippen molar-refractivity contribution in [3.05, 3.63) is 48.7 Å². The van der Waals surface area contributed by atoms with E-state index in [0.717, 1.165) is 23.0 Å². The van der Waals surface area contributed by atoms with Gasteiger partial charge in [0.25, 0.3) is 0 Å². The molecular formula is C14H14N2. The van der Waals surface area contributed by atoms with Crippen LogP contribution in [-0.2, 0) is 6.42 Å². The van der Waals surface area contributed by atoms with Crippen molar-refractivity contribution in [2.45, 2.75) is 13.3 Å². The molecule has 2 aromatic rings. The highest BCUT2D eigenvalue weighted by Gasteiger charge is 2.05. The van der Waals surface area contributed by atoms with E-state index < -0.39 is 0 Å². The quantitative estimate of drug-likeness (QED) is 0.709. The van der Waals surface area contributed by atoms with Crippen LogP contribution in [0.4, 0.5) is 5.69 Å². The van der Waals surface area contributed by atoms with E-state index >= 15 is 0 Å². The number of aliphatic imine (C=N–C) groups is 1. The van der Waals surface area contributed by atoms with Gasteiger partial charge in [0.2, 0.25) is 0 Å². The Morgan fingerprint density at radius 2 is 2.25 bits per heavy atom. The number of rotatable bonds is 3. The zero-order valence-electron chi connectivity index (χ0n) is 9.35. The molecule has 0 atom stereocenters. The molecule has 0 aliphatic rings. The lowest BCUT2D eigenvalue weighted by atomic mass is 10.1. The summed E-state index contributed by atoms with van der Waals surface area (Å²) in [5, 5.41) is 1.12. The maximum absolute atomic E-state index is 4.42. The lowest BCUT2D eigenvalue weighted by molar-refractivity contribution is 1.14. The summed E-state index contributed by atoms with van der Waals surface area (Å²) in [5.41, 5.74) is 3.13. The van der Waals surface area contributed by atoms with Gasteiger partial charge in [0.05, 0.1) is 11.2 Å². The van der Waals surface area contributed by atoms with Crippen molar-refractivity contribution in [3.8, 4) is 0 Å². The van der Waals surface area contributed by atoms with Crippen LogP contribution in [0.1, 0.15) is 12.5 Å². The second-order valence-electron chi connectivity index (χ2n) is 3.52. The largest absolute Gasteiger partial charge is 0.254 e. The molecule has 16 heavy (non-hydrogen) atoms. The Kier molecular flexibility index (Phi) is 3.10. The Bertz CT molecular complexity index is 541. The first-order chi connectivity index (χ1) is 7.86. The summed E-state index contributed by atoms with van der Waals surface area (Å²) in [7, 11) is 0. The smallest absolute Gasteiger partial charge is 0.0961 e. The van der Waals surface area contributed by atoms with Gasteiger partial charge in [-0.1, -0.05) is 37.8 Å². The summed E-state index contributed by atoms with van der Waals surface area (Å²) in [5.74, 6) is 0. The number of nitrogens with zero attached hydrogens (tertiary/aromatic N) is 2. The molecule has 0 saturated carbocycles. The molecule has 2 heteroatoms. The second-order valence-corrected chi connectivity index (χ2v) is 3.52. The molecule has 2 rings (SSSR count). The summed E-state index contributed by atoms with van der Waals surface area (Å²) in [4.78, 5) is 8.81. The van der Waals surface area contributed by atoms with E-state index in [1.807, 2.05) is 6.07 Å². The highest BCUT2D eigenvalue weighted by atomic mass is 14.8. The van der Waals surface area contributed by atoms with E-state index in [4.69, 9.17) is 0 Å². The highest BCUT2D eigenvalue weighted by Crippen LogP contribution is 2.28. The SMILES string of the molecule is C=C/C=N\c1c(CC)ccc2cccnc12. The third-order valence-corrected chi connectivity index (χ3v) is 2.52. The van der Waals surface area contributed by atoms with Gasteiger partial charge in [0, 0.05) is 17.8 Å². The lowest BCUT2D eigenvalue weighted by Crippen LogP contribution is -1.86. The molecule has 0 radical (unpaired) electrons. The van der Waals surface area contributed by atoms with E-state index in [0.29, 0.717) is 0 Å². The molecule has 2 nitrogen and oxygen atoms in total. The fourth-order valence-corrected chi connectivity index (χ4v) is 1.73. The van der Waals surface area contributed by atoms with E-state index in [9.17, 15) is 0 Å². The summed E-state index contributed by atoms with van der Waals surface area (Å²) in [6.45, 7) is 5.76. The fourth-order valence-electron chi connectivity index (χ4n) is 1.73. The third-order valence-electron chi connectivity index (χ3n) is 2.52. The maximum Gasteiger partial charge on any atom is 0.0961 e. The Hall–Kier alpha value is -1.96. The fraction of sp³-hybridized carbons (Fsp3) is 0.143. The summed E-state index contributed by atoms with van der Waals surface area (Å²) >= 11 is 0. The summed E-state index contributed by atoms with van der Waals surface area (Å²) in [6.07, 6.45) is 6.15. The molecule has 1 aromatic heterocycles. The number of hydrogen-bond acceptors (Lipinski definition) is 2. The minimum absolute atomic E-state index is 0.955. The van der Waals surface area contributed by atoms with Crippen LogP contribution in [0.25, 0.3) is 10.9 Å². The molecule has 0 N–H and O–H groups in total. The Balaban J connectivity index is 2.72. The zero-order valence-corrected chi connectivity index (χ0v) is 9.35. The molecule has 0 amide bonds. The molecule has 1 aromatic carbocycles. The van der Waals surface area contributed by atoms with Crippen LogP contribution in [0.3, 0.4) is 0 Å². The van der Waals surface area contributed by atoms with E-state index in [-0.39, 0.29) is 0 Å². The highest BCUT2D eigenvalue weighted by molar-refractivity contribution is 5.92. The molecular weight excluding hydrogens is 196 g/mol. The minimum Gasteiger partial charge on any atom is -0.254 e. The van der Waals surface area contributed by atoms with Gasteiger partial charge < -0.3 is 0 Å². The van der Waals surface area contributed by atoms with Crippen LogP contribution in [0.5, 0.6) is 0 Å². The first kappa shape index (κ1) is 10.6. The number of fused-ring (bicyclic) bond motifs is 1. The monoisotopic (exact) mass is 210 g/mol. The Morgan fingerprint density at radius 1 is 1.38 bits per heavy atom. The van der Waals surface area contributed by atoms with Crippen molar-refractivity contribution < 1.29 is 0 Å². The van der Waals surface area contributed by atoms with Crippen molar-refractivity contribution in [2.75, 3.05) is 0 Å². The van der Waals surface area contributed by atoms with Gasteiger partial charge in [-0.2, -0.15) is 0 Å². The van der Waals surface area contributed by atoms with Crippen LogP contribution >= 0.6 is 0 Å². The molecule has 1 heterocycles. The lowest BCUT2D eigenvalue weighted by Gasteiger charge is -2.06. The predicted molar refractivity (Wildman–Crippen MR) is 69.5 cm³/mol. The van der Waals surface area contributed by atoms with Gasteiger partial charge in [-0.05, 0) is 18.1 Å². The zero-order chi connectivity index (χ0) is 11.4. The summed E-state index contributed by atoms with van der Waals surface area (Å²) < 4.78 is 0. The predicted octanol–water partition coefficient (Wildman–Crippen LogP) is 3.69. The third kappa shape index (κ3) is 1.87. The van der Waals surface area contributed by atoms with Gasteiger partial charge in [-0.25, -0.2) is 0 Å². The number of allylic oxidation sites excluding steroid dienone is 1. The standard InChI is InChI=1S/C14H14N2/c1-3-9-15-13-11(4-2)7-8-12-6-5-10-16-14(12)13/h3,5-10H,1,4H2,2H3/b15-9-. The van der Waals surface area contributed by atoms with E-state index in [1.165, 1.54) is 5.56 Å². The van der Waals surface area contributed by atoms with Crippen LogP contribution in [0.2, 0.25) is 0 Å². The van der Waals surface area contributed by atoms with E-state index in [1.54, 1.807) is 18.5 Å². The van der Waals surface area contributed by atoms with Gasteiger partial charge in [0.15, 0.2) is 0 Å². The normalized spacial score (nSPS) is 11.1. The number of aromatic nitrogens is 1. The van der Waals surface area contributed by atoms with Crippen LogP contribution in [0, 0.1) is 0 Å². The van der Waals surface area contributed by atoms with Gasteiger partial charge in [-0.15, -0.1) is 0 Å². The second kappa shape index (κ2) is 4.71. The van der Waals surface area contributed by atoms with E-state index in [2.05, 4.69) is 41.7 Å². The van der Waals surface area contributed by atoms with Crippen molar-refractivity contribution in [3.63, 3.8) is 0 Å². The van der Waals surface area contributed by atoms with Gasteiger partial charge >= 0.3 is 0 Å². The van der Waals surface area contributed by atoms with Gasteiger partial charge in [0.1, 0.15) is 0 Å². The molecule has 0 fully saturated rings. The Labute approximate surface area is 95.4 Å². The topological polar surface area (TPSA) is 25.2 Å². The van der Waals surface area contributed by atoms with Crippen LogP contribution < -0.4 is 0 Å². The molecule has 0 unspecified atom stereocenters. The minimum atomic E-state index is 0.955. The molecule has 80 valence electrons. The van der Waals surface area contributed by atoms with Crippen LogP contribution in [-0.4, -0.2) is 11.2 Å². The van der Waals surface area contributed by atoms with Crippen LogP contribution in [0.15, 0.2) is 48.1 Å². The molecule has 0 spiro atoms. The average molecular weight is 210 g/mol. The number of pyridine rings is 1. The molecule has 0 bridgehead atoms. The average Bonchev–Trinajstić information content (AvgIpc) is 2.35. The number of benzene rings is 1. The number of aryl methyl sites for hydroxylation is 1. The number of hydrogen-bond donors (Lipinski definition) is 0. The first-order valence-electron chi connectivity index (χ1n) is 5.38. The van der Waals surface area contributed by atoms with Crippen molar-refractivity contribution >= 4 is 22.8 Å². The van der Waals surface area contributed by atoms with Crippen molar-refractivity contribution in [1.82, 2.24) is 4.98 Å². The molecule has 0 aliphatic carbocycles. The summed E-state index contributed by atoms with van der Waals surface area (Å²) in [6, 6.07) is 8.19. The molecule has 0 saturated heterocycles. The van der Waals surface area contributed by atoms with Crippen molar-refractivity contribution in [1.29, 1.82) is 0 Å². The molecule has 0 aliphatic heterocycles. The maximum atomic E-state index is 4.42. The Morgan fingerprint density at radius 3 is 3.00 bits per heavy atom. The van der Waals surface area contributed by atoms with Crippen molar-refractivity contribution in [2.24, 2.45) is 4.99 Å². The first-order valence-corrected chi connectivity index (χ1v) is 5.38.